The van der Waals surface area contributed by atoms with Crippen LogP contribution in [0.25, 0.3) is 17.2 Å². The van der Waals surface area contributed by atoms with Crippen molar-refractivity contribution in [2.75, 3.05) is 24.6 Å². The average molecular weight is 391 g/mol. The van der Waals surface area contributed by atoms with Gasteiger partial charge >= 0.3 is 0 Å². The fraction of sp³-hybridized carbons (Fsp3) is 0.389. The molecule has 144 valence electrons. The van der Waals surface area contributed by atoms with Crippen LogP contribution < -0.4 is 5.32 Å². The molecule has 1 fully saturated rings. The van der Waals surface area contributed by atoms with Crippen molar-refractivity contribution in [2.45, 2.75) is 19.4 Å². The molecule has 1 aromatic heterocycles. The predicted molar refractivity (Wildman–Crippen MR) is 100 cm³/mol. The monoisotopic (exact) mass is 391 g/mol. The van der Waals surface area contributed by atoms with E-state index >= 15 is 0 Å². The van der Waals surface area contributed by atoms with Gasteiger partial charge in [-0.15, -0.1) is 0 Å². The fourth-order valence-corrected chi connectivity index (χ4v) is 4.58. The molecular weight excluding hydrogens is 370 g/mol. The second-order valence-electron chi connectivity index (χ2n) is 6.37. The maximum Gasteiger partial charge on any atom is 0.247 e. The molecule has 3 rings (SSSR count). The topological polar surface area (TPSA) is 110 Å². The summed E-state index contributed by atoms with van der Waals surface area (Å²) in [5.74, 6) is -0.379. The maximum atomic E-state index is 12.3. The minimum atomic E-state index is -3.07. The summed E-state index contributed by atoms with van der Waals surface area (Å²) >= 11 is 0. The van der Waals surface area contributed by atoms with Gasteiger partial charge in [0.2, 0.25) is 17.7 Å². The molecule has 9 heteroatoms. The van der Waals surface area contributed by atoms with Gasteiger partial charge in [-0.05, 0) is 25.5 Å². The highest BCUT2D eigenvalue weighted by molar-refractivity contribution is 7.91. The molecular formula is C18H21N3O5S. The lowest BCUT2D eigenvalue weighted by Crippen LogP contribution is -2.44. The molecule has 1 N–H and O–H groups in total. The summed E-state index contributed by atoms with van der Waals surface area (Å²) in [6.45, 7) is 1.97. The van der Waals surface area contributed by atoms with Gasteiger partial charge in [-0.1, -0.05) is 12.1 Å². The number of benzene rings is 1. The van der Waals surface area contributed by atoms with Gasteiger partial charge in [0, 0.05) is 24.7 Å². The number of hydrogen-bond acceptors (Lipinski definition) is 6. The second-order valence-corrected chi connectivity index (χ2v) is 8.60. The lowest BCUT2D eigenvalue weighted by molar-refractivity contribution is -0.132. The number of fused-ring (bicyclic) bond motifs is 1. The van der Waals surface area contributed by atoms with Crippen LogP contribution in [0.3, 0.4) is 0 Å². The summed E-state index contributed by atoms with van der Waals surface area (Å²) in [5.41, 5.74) is 1.32. The van der Waals surface area contributed by atoms with E-state index in [0.717, 1.165) is 0 Å². The molecule has 0 aliphatic carbocycles. The fourth-order valence-electron chi connectivity index (χ4n) is 2.91. The summed E-state index contributed by atoms with van der Waals surface area (Å²) in [4.78, 5) is 30.1. The maximum absolute atomic E-state index is 12.3. The zero-order valence-corrected chi connectivity index (χ0v) is 15.7. The molecule has 1 aromatic carbocycles. The summed E-state index contributed by atoms with van der Waals surface area (Å²) < 4.78 is 28.4. The van der Waals surface area contributed by atoms with Crippen molar-refractivity contribution in [3.63, 3.8) is 0 Å². The molecule has 1 atom stereocenters. The molecule has 0 saturated carbocycles. The normalized spacial score (nSPS) is 18.8. The van der Waals surface area contributed by atoms with E-state index in [-0.39, 0.29) is 35.9 Å². The first-order valence-electron chi connectivity index (χ1n) is 8.68. The van der Waals surface area contributed by atoms with Gasteiger partial charge in [0.05, 0.1) is 18.1 Å². The molecule has 2 heterocycles. The highest BCUT2D eigenvalue weighted by Gasteiger charge is 2.29. The number of sulfone groups is 1. The van der Waals surface area contributed by atoms with Crippen molar-refractivity contribution in [2.24, 2.45) is 0 Å². The number of amides is 2. The lowest BCUT2D eigenvalue weighted by Gasteiger charge is -2.20. The first kappa shape index (κ1) is 19.1. The number of aromatic nitrogens is 1. The van der Waals surface area contributed by atoms with Crippen LogP contribution >= 0.6 is 0 Å². The van der Waals surface area contributed by atoms with Gasteiger partial charge in [-0.25, -0.2) is 13.4 Å². The SMILES string of the molecule is CCN(CC(=O)N[C@@H]1CCS(=O)(=O)C1)C(=O)/C=C/c1nc2ccccc2o1. The van der Waals surface area contributed by atoms with E-state index in [0.29, 0.717) is 30.0 Å². The highest BCUT2D eigenvalue weighted by Crippen LogP contribution is 2.15. The Bertz CT molecular complexity index is 947. The standard InChI is InChI=1S/C18H21N3O5S/c1-2-21(11-16(22)19-13-9-10-27(24,25)12-13)18(23)8-7-17-20-14-5-3-4-6-15(14)26-17/h3-8,13H,2,9-12H2,1H3,(H,19,22)/b8-7+/t13-/m1/s1. The number of rotatable bonds is 6. The summed E-state index contributed by atoms with van der Waals surface area (Å²) in [7, 11) is -3.07. The zero-order chi connectivity index (χ0) is 19.4. The molecule has 0 radical (unpaired) electrons. The van der Waals surface area contributed by atoms with Crippen LogP contribution in [0, 0.1) is 0 Å². The van der Waals surface area contributed by atoms with E-state index in [1.54, 1.807) is 13.0 Å². The number of para-hydroxylation sites is 2. The number of carbonyl (C=O) groups is 2. The smallest absolute Gasteiger partial charge is 0.247 e. The minimum absolute atomic E-state index is 0.0452. The van der Waals surface area contributed by atoms with Crippen LogP contribution in [0.1, 0.15) is 19.2 Å². The number of oxazole rings is 1. The van der Waals surface area contributed by atoms with E-state index in [4.69, 9.17) is 4.42 Å². The molecule has 2 aromatic rings. The van der Waals surface area contributed by atoms with Gasteiger partial charge < -0.3 is 14.6 Å². The zero-order valence-electron chi connectivity index (χ0n) is 14.9. The van der Waals surface area contributed by atoms with Gasteiger partial charge in [0.25, 0.3) is 0 Å². The molecule has 1 aliphatic heterocycles. The number of hydrogen-bond donors (Lipinski definition) is 1. The Kier molecular flexibility index (Phi) is 5.59. The van der Waals surface area contributed by atoms with E-state index in [9.17, 15) is 18.0 Å². The van der Waals surface area contributed by atoms with Crippen LogP contribution in [0.15, 0.2) is 34.8 Å². The number of nitrogens with zero attached hydrogens (tertiary/aromatic N) is 2. The van der Waals surface area contributed by atoms with E-state index in [2.05, 4.69) is 10.3 Å². The molecule has 8 nitrogen and oxygen atoms in total. The quantitative estimate of drug-likeness (QED) is 0.736. The Balaban J connectivity index is 1.57. The first-order valence-corrected chi connectivity index (χ1v) is 10.5. The van der Waals surface area contributed by atoms with Crippen molar-refractivity contribution in [3.8, 4) is 0 Å². The Labute approximate surface area is 157 Å². The summed E-state index contributed by atoms with van der Waals surface area (Å²) in [6, 6.07) is 6.89. The Morgan fingerprint density at radius 1 is 1.37 bits per heavy atom. The van der Waals surface area contributed by atoms with Crippen LogP contribution in [0.5, 0.6) is 0 Å². The Morgan fingerprint density at radius 2 is 2.15 bits per heavy atom. The van der Waals surface area contributed by atoms with E-state index in [1.165, 1.54) is 17.1 Å². The Morgan fingerprint density at radius 3 is 2.81 bits per heavy atom. The van der Waals surface area contributed by atoms with Crippen molar-refractivity contribution in [1.82, 2.24) is 15.2 Å². The van der Waals surface area contributed by atoms with Crippen molar-refractivity contribution < 1.29 is 22.4 Å². The molecule has 1 saturated heterocycles. The van der Waals surface area contributed by atoms with Gasteiger partial charge in [0.15, 0.2) is 15.4 Å². The van der Waals surface area contributed by atoms with Crippen LogP contribution in [-0.2, 0) is 19.4 Å². The number of likely N-dealkylation sites (N-methyl/N-ethyl adjacent to an activating group) is 1. The Hall–Kier alpha value is -2.68. The van der Waals surface area contributed by atoms with Crippen LogP contribution in [0.2, 0.25) is 0 Å². The molecule has 0 unspecified atom stereocenters. The molecule has 0 spiro atoms. The van der Waals surface area contributed by atoms with E-state index in [1.807, 2.05) is 18.2 Å². The third kappa shape index (κ3) is 4.94. The first-order chi connectivity index (χ1) is 12.9. The third-order valence-electron chi connectivity index (χ3n) is 4.30. The van der Waals surface area contributed by atoms with Crippen molar-refractivity contribution in [1.29, 1.82) is 0 Å². The summed E-state index contributed by atoms with van der Waals surface area (Å²) in [6.07, 6.45) is 3.18. The largest absolute Gasteiger partial charge is 0.437 e. The van der Waals surface area contributed by atoms with Gasteiger partial charge in [-0.2, -0.15) is 0 Å². The van der Waals surface area contributed by atoms with Crippen LogP contribution in [-0.4, -0.2) is 60.8 Å². The predicted octanol–water partition coefficient (Wildman–Crippen LogP) is 0.993. The summed E-state index contributed by atoms with van der Waals surface area (Å²) in [5, 5.41) is 2.68. The molecule has 1 aliphatic rings. The van der Waals surface area contributed by atoms with Crippen molar-refractivity contribution in [3.05, 3.63) is 36.2 Å². The number of nitrogens with one attached hydrogen (secondary N) is 1. The lowest BCUT2D eigenvalue weighted by atomic mass is 10.2. The minimum Gasteiger partial charge on any atom is -0.437 e. The van der Waals surface area contributed by atoms with Crippen LogP contribution in [0.4, 0.5) is 0 Å². The highest BCUT2D eigenvalue weighted by atomic mass is 32.2. The average Bonchev–Trinajstić information content (AvgIpc) is 3.19. The number of carbonyl (C=O) groups excluding carboxylic acids is 2. The second kappa shape index (κ2) is 7.91. The molecule has 2 amide bonds. The molecule has 27 heavy (non-hydrogen) atoms. The van der Waals surface area contributed by atoms with Gasteiger partial charge in [0.1, 0.15) is 5.52 Å². The molecule has 0 bridgehead atoms. The van der Waals surface area contributed by atoms with E-state index < -0.39 is 9.84 Å². The van der Waals surface area contributed by atoms with Crippen molar-refractivity contribution >= 4 is 38.8 Å². The third-order valence-corrected chi connectivity index (χ3v) is 6.07. The van der Waals surface area contributed by atoms with Gasteiger partial charge in [-0.3, -0.25) is 9.59 Å².